The Bertz CT molecular complexity index is 323. The maximum Gasteiger partial charge on any atom is 0.124 e. The third kappa shape index (κ3) is 4.75. The van der Waals surface area contributed by atoms with Crippen molar-refractivity contribution in [3.8, 4) is 5.75 Å². The fourth-order valence-corrected chi connectivity index (χ4v) is 1.60. The average molecular weight is 238 g/mol. The van der Waals surface area contributed by atoms with E-state index >= 15 is 0 Å². The molecule has 0 bridgehead atoms. The lowest BCUT2D eigenvalue weighted by atomic mass is 10.1. The summed E-state index contributed by atoms with van der Waals surface area (Å²) < 4.78 is 11.1. The van der Waals surface area contributed by atoms with Gasteiger partial charge in [0.05, 0.1) is 13.2 Å². The van der Waals surface area contributed by atoms with E-state index in [0.717, 1.165) is 29.9 Å². The third-order valence-corrected chi connectivity index (χ3v) is 2.45. The normalized spacial score (nSPS) is 10.5. The van der Waals surface area contributed by atoms with Gasteiger partial charge in [0.1, 0.15) is 5.75 Å². The van der Waals surface area contributed by atoms with Gasteiger partial charge in [0.15, 0.2) is 0 Å². The van der Waals surface area contributed by atoms with Crippen LogP contribution >= 0.6 is 0 Å². The number of aliphatic hydroxyl groups is 1. The van der Waals surface area contributed by atoms with Gasteiger partial charge >= 0.3 is 0 Å². The molecule has 96 valence electrons. The second kappa shape index (κ2) is 8.09. The van der Waals surface area contributed by atoms with Crippen molar-refractivity contribution < 1.29 is 14.6 Å². The smallest absolute Gasteiger partial charge is 0.124 e. The zero-order valence-corrected chi connectivity index (χ0v) is 10.7. The fourth-order valence-electron chi connectivity index (χ4n) is 1.60. The van der Waals surface area contributed by atoms with E-state index in [0.29, 0.717) is 19.6 Å². The molecule has 0 saturated heterocycles. The van der Waals surface area contributed by atoms with E-state index in [-0.39, 0.29) is 6.61 Å². The highest BCUT2D eigenvalue weighted by Gasteiger charge is 2.05. The first-order valence-electron chi connectivity index (χ1n) is 6.25. The van der Waals surface area contributed by atoms with E-state index in [4.69, 9.17) is 14.6 Å². The van der Waals surface area contributed by atoms with Gasteiger partial charge in [0.25, 0.3) is 0 Å². The SMILES string of the molecule is CCCOc1ccc(CCO)cc1COCC. The summed E-state index contributed by atoms with van der Waals surface area (Å²) in [6.45, 7) is 6.21. The zero-order valence-electron chi connectivity index (χ0n) is 10.7. The predicted octanol–water partition coefficient (Wildman–Crippen LogP) is 2.55. The highest BCUT2D eigenvalue weighted by Crippen LogP contribution is 2.21. The summed E-state index contributed by atoms with van der Waals surface area (Å²) >= 11 is 0. The van der Waals surface area contributed by atoms with Crippen LogP contribution in [0.3, 0.4) is 0 Å². The Morgan fingerprint density at radius 1 is 1.24 bits per heavy atom. The number of aliphatic hydroxyl groups excluding tert-OH is 1. The summed E-state index contributed by atoms with van der Waals surface area (Å²) in [5.41, 5.74) is 2.18. The molecule has 1 aromatic rings. The molecule has 0 fully saturated rings. The van der Waals surface area contributed by atoms with E-state index in [1.807, 2.05) is 19.1 Å². The molecule has 0 saturated carbocycles. The molecule has 1 aromatic carbocycles. The molecule has 0 unspecified atom stereocenters. The lowest BCUT2D eigenvalue weighted by molar-refractivity contribution is 0.131. The van der Waals surface area contributed by atoms with Crippen molar-refractivity contribution in [2.75, 3.05) is 19.8 Å². The zero-order chi connectivity index (χ0) is 12.5. The van der Waals surface area contributed by atoms with E-state index in [1.165, 1.54) is 0 Å². The Morgan fingerprint density at radius 3 is 2.71 bits per heavy atom. The summed E-state index contributed by atoms with van der Waals surface area (Å²) in [4.78, 5) is 0. The van der Waals surface area contributed by atoms with Gasteiger partial charge < -0.3 is 14.6 Å². The van der Waals surface area contributed by atoms with Crippen LogP contribution in [0.25, 0.3) is 0 Å². The summed E-state index contributed by atoms with van der Waals surface area (Å²) in [6.07, 6.45) is 1.67. The second-order valence-corrected chi connectivity index (χ2v) is 3.90. The number of benzene rings is 1. The van der Waals surface area contributed by atoms with Crippen LogP contribution in [0.2, 0.25) is 0 Å². The highest BCUT2D eigenvalue weighted by atomic mass is 16.5. The quantitative estimate of drug-likeness (QED) is 0.756. The minimum absolute atomic E-state index is 0.170. The van der Waals surface area contributed by atoms with Crippen molar-refractivity contribution in [1.29, 1.82) is 0 Å². The standard InChI is InChI=1S/C14H22O3/c1-3-9-17-14-6-5-12(7-8-15)10-13(14)11-16-4-2/h5-6,10,15H,3-4,7-9,11H2,1-2H3. The average Bonchev–Trinajstić information content (AvgIpc) is 2.35. The molecular weight excluding hydrogens is 216 g/mol. The molecule has 0 aromatic heterocycles. The monoisotopic (exact) mass is 238 g/mol. The molecule has 0 aliphatic heterocycles. The van der Waals surface area contributed by atoms with E-state index in [1.54, 1.807) is 0 Å². The van der Waals surface area contributed by atoms with Crippen LogP contribution in [-0.4, -0.2) is 24.9 Å². The Labute approximate surface area is 103 Å². The summed E-state index contributed by atoms with van der Waals surface area (Å²) in [5, 5.41) is 8.93. The molecule has 0 heterocycles. The first-order chi connectivity index (χ1) is 8.31. The fraction of sp³-hybridized carbons (Fsp3) is 0.571. The summed E-state index contributed by atoms with van der Waals surface area (Å²) in [6, 6.07) is 6.02. The number of ether oxygens (including phenoxy) is 2. The predicted molar refractivity (Wildman–Crippen MR) is 68.3 cm³/mol. The second-order valence-electron chi connectivity index (χ2n) is 3.90. The van der Waals surface area contributed by atoms with Crippen molar-refractivity contribution >= 4 is 0 Å². The van der Waals surface area contributed by atoms with Crippen LogP contribution in [-0.2, 0) is 17.8 Å². The van der Waals surface area contributed by atoms with Crippen molar-refractivity contribution in [3.63, 3.8) is 0 Å². The van der Waals surface area contributed by atoms with Gasteiger partial charge in [-0.2, -0.15) is 0 Å². The molecular formula is C14H22O3. The molecule has 0 aliphatic rings. The minimum atomic E-state index is 0.170. The van der Waals surface area contributed by atoms with Gasteiger partial charge in [0, 0.05) is 18.8 Å². The lowest BCUT2D eigenvalue weighted by Crippen LogP contribution is -2.02. The number of hydrogen-bond donors (Lipinski definition) is 1. The maximum absolute atomic E-state index is 8.93. The van der Waals surface area contributed by atoms with Crippen LogP contribution in [0.5, 0.6) is 5.75 Å². The molecule has 3 heteroatoms. The van der Waals surface area contributed by atoms with Gasteiger partial charge in [-0.15, -0.1) is 0 Å². The molecule has 3 nitrogen and oxygen atoms in total. The van der Waals surface area contributed by atoms with Crippen molar-refractivity contribution in [2.24, 2.45) is 0 Å². The van der Waals surface area contributed by atoms with Crippen LogP contribution in [0, 0.1) is 0 Å². The molecule has 0 amide bonds. The molecule has 0 spiro atoms. The van der Waals surface area contributed by atoms with E-state index in [9.17, 15) is 0 Å². The van der Waals surface area contributed by atoms with Gasteiger partial charge in [0.2, 0.25) is 0 Å². The maximum atomic E-state index is 8.93. The number of rotatable bonds is 8. The molecule has 1 rings (SSSR count). The first-order valence-corrected chi connectivity index (χ1v) is 6.25. The van der Waals surface area contributed by atoms with Gasteiger partial charge in [-0.05, 0) is 37.5 Å². The third-order valence-electron chi connectivity index (χ3n) is 2.45. The Morgan fingerprint density at radius 2 is 2.06 bits per heavy atom. The van der Waals surface area contributed by atoms with Crippen molar-refractivity contribution in [2.45, 2.75) is 33.3 Å². The van der Waals surface area contributed by atoms with Crippen LogP contribution in [0.4, 0.5) is 0 Å². The Kier molecular flexibility index (Phi) is 6.67. The lowest BCUT2D eigenvalue weighted by Gasteiger charge is -2.12. The summed E-state index contributed by atoms with van der Waals surface area (Å²) in [5.74, 6) is 0.891. The largest absolute Gasteiger partial charge is 0.493 e. The topological polar surface area (TPSA) is 38.7 Å². The van der Waals surface area contributed by atoms with E-state index in [2.05, 4.69) is 13.0 Å². The molecule has 0 radical (unpaired) electrons. The molecule has 17 heavy (non-hydrogen) atoms. The number of hydrogen-bond acceptors (Lipinski definition) is 3. The van der Waals surface area contributed by atoms with Crippen LogP contribution in [0.15, 0.2) is 18.2 Å². The Balaban J connectivity index is 2.78. The molecule has 1 N–H and O–H groups in total. The van der Waals surface area contributed by atoms with Crippen LogP contribution in [0.1, 0.15) is 31.4 Å². The molecule has 0 atom stereocenters. The van der Waals surface area contributed by atoms with E-state index < -0.39 is 0 Å². The first kappa shape index (κ1) is 14.0. The highest BCUT2D eigenvalue weighted by molar-refractivity contribution is 5.37. The summed E-state index contributed by atoms with van der Waals surface area (Å²) in [7, 11) is 0. The van der Waals surface area contributed by atoms with Crippen molar-refractivity contribution in [1.82, 2.24) is 0 Å². The minimum Gasteiger partial charge on any atom is -0.493 e. The van der Waals surface area contributed by atoms with Gasteiger partial charge in [-0.3, -0.25) is 0 Å². The van der Waals surface area contributed by atoms with Gasteiger partial charge in [-0.1, -0.05) is 13.0 Å². The van der Waals surface area contributed by atoms with Crippen LogP contribution < -0.4 is 4.74 Å². The Hall–Kier alpha value is -1.06. The molecule has 0 aliphatic carbocycles. The van der Waals surface area contributed by atoms with Gasteiger partial charge in [-0.25, -0.2) is 0 Å². The van der Waals surface area contributed by atoms with Crippen molar-refractivity contribution in [3.05, 3.63) is 29.3 Å².